The van der Waals surface area contributed by atoms with Crippen molar-refractivity contribution in [1.29, 1.82) is 0 Å². The number of alkyl halides is 1. The van der Waals surface area contributed by atoms with Crippen LogP contribution in [0.1, 0.15) is 32.3 Å². The predicted octanol–water partition coefficient (Wildman–Crippen LogP) is 3.27. The molecule has 0 aliphatic heterocycles. The number of nitro groups is 1. The molecule has 0 N–H and O–H groups in total. The van der Waals surface area contributed by atoms with Crippen LogP contribution >= 0.6 is 15.9 Å². The Balaban J connectivity index is 3.24. The third-order valence-corrected chi connectivity index (χ3v) is 4.98. The maximum Gasteiger partial charge on any atom is 0.288 e. The van der Waals surface area contributed by atoms with E-state index in [4.69, 9.17) is 0 Å². The molecule has 0 saturated heterocycles. The van der Waals surface area contributed by atoms with Gasteiger partial charge in [-0.1, -0.05) is 29.8 Å². The van der Waals surface area contributed by atoms with Crippen LogP contribution in [-0.4, -0.2) is 14.8 Å². The van der Waals surface area contributed by atoms with Crippen molar-refractivity contribution in [3.05, 3.63) is 38.3 Å². The fourth-order valence-electron chi connectivity index (χ4n) is 2.04. The Bertz CT molecular complexity index is 513. The number of rotatable bonds is 6. The predicted molar refractivity (Wildman–Crippen MR) is 78.9 cm³/mol. The molecule has 0 aliphatic rings. The van der Waals surface area contributed by atoms with Crippen molar-refractivity contribution >= 4 is 21.6 Å². The molecular formula is C13H19BrN2O3. The van der Waals surface area contributed by atoms with Gasteiger partial charge in [0.05, 0.1) is 11.1 Å². The molecule has 0 amide bonds. The highest BCUT2D eigenvalue weighted by atomic mass is 79.9. The number of hydrogen-bond donors (Lipinski definition) is 0. The summed E-state index contributed by atoms with van der Waals surface area (Å²) in [6.07, 6.45) is 3.17. The van der Waals surface area contributed by atoms with Crippen molar-refractivity contribution in [3.63, 3.8) is 0 Å². The third-order valence-electron chi connectivity index (χ3n) is 3.79. The number of nitrogens with zero attached hydrogens (tertiary/aromatic N) is 2. The summed E-state index contributed by atoms with van der Waals surface area (Å²) in [6, 6.07) is 1.34. The van der Waals surface area contributed by atoms with Gasteiger partial charge in [-0.15, -0.1) is 0 Å². The molecule has 0 spiro atoms. The van der Waals surface area contributed by atoms with Crippen LogP contribution in [0.15, 0.2) is 17.1 Å². The molecule has 106 valence electrons. The summed E-state index contributed by atoms with van der Waals surface area (Å²) in [5.41, 5.74) is 0.168. The van der Waals surface area contributed by atoms with Crippen LogP contribution in [0.25, 0.3) is 0 Å². The van der Waals surface area contributed by atoms with Crippen LogP contribution in [0.5, 0.6) is 0 Å². The van der Waals surface area contributed by atoms with E-state index in [-0.39, 0.29) is 16.7 Å². The smallest absolute Gasteiger partial charge is 0.288 e. The second-order valence-corrected chi connectivity index (χ2v) is 5.47. The van der Waals surface area contributed by atoms with Crippen LogP contribution in [-0.2, 0) is 6.54 Å². The molecule has 0 aliphatic carbocycles. The normalized spacial score (nSPS) is 11.6. The summed E-state index contributed by atoms with van der Waals surface area (Å²) in [5.74, 6) is 0. The van der Waals surface area contributed by atoms with E-state index in [1.165, 1.54) is 16.8 Å². The van der Waals surface area contributed by atoms with E-state index < -0.39 is 4.92 Å². The fraction of sp³-hybridized carbons (Fsp3) is 0.615. The molecule has 0 radical (unpaired) electrons. The van der Waals surface area contributed by atoms with Crippen molar-refractivity contribution in [2.45, 2.75) is 40.2 Å². The average molecular weight is 331 g/mol. The van der Waals surface area contributed by atoms with Crippen molar-refractivity contribution < 1.29 is 4.92 Å². The maximum atomic E-state index is 12.0. The largest absolute Gasteiger partial charge is 0.308 e. The zero-order valence-corrected chi connectivity index (χ0v) is 13.1. The van der Waals surface area contributed by atoms with Gasteiger partial charge >= 0.3 is 0 Å². The first kappa shape index (κ1) is 15.9. The van der Waals surface area contributed by atoms with Gasteiger partial charge in [0.1, 0.15) is 0 Å². The minimum Gasteiger partial charge on any atom is -0.308 e. The van der Waals surface area contributed by atoms with Crippen molar-refractivity contribution in [2.75, 3.05) is 5.33 Å². The topological polar surface area (TPSA) is 65.1 Å². The monoisotopic (exact) mass is 330 g/mol. The van der Waals surface area contributed by atoms with E-state index in [2.05, 4.69) is 29.8 Å². The first-order valence-electron chi connectivity index (χ1n) is 6.30. The Morgan fingerprint density at radius 3 is 2.42 bits per heavy atom. The molecule has 0 saturated carbocycles. The minimum atomic E-state index is -0.445. The highest BCUT2D eigenvalue weighted by molar-refractivity contribution is 9.09. The molecule has 5 nitrogen and oxygen atoms in total. The number of aromatic nitrogens is 1. The van der Waals surface area contributed by atoms with E-state index in [1.54, 1.807) is 6.92 Å². The molecule has 0 aromatic carbocycles. The van der Waals surface area contributed by atoms with E-state index in [0.29, 0.717) is 12.1 Å². The van der Waals surface area contributed by atoms with Crippen LogP contribution in [0.3, 0.4) is 0 Å². The van der Waals surface area contributed by atoms with Crippen LogP contribution in [0, 0.1) is 22.5 Å². The van der Waals surface area contributed by atoms with E-state index in [9.17, 15) is 14.9 Å². The lowest BCUT2D eigenvalue weighted by atomic mass is 9.84. The Labute approximate surface area is 120 Å². The molecule has 1 heterocycles. The summed E-state index contributed by atoms with van der Waals surface area (Å²) >= 11 is 3.49. The molecule has 0 unspecified atom stereocenters. The summed E-state index contributed by atoms with van der Waals surface area (Å²) in [5, 5.41) is 11.7. The summed E-state index contributed by atoms with van der Waals surface area (Å²) in [4.78, 5) is 22.5. The second-order valence-electron chi connectivity index (χ2n) is 4.91. The van der Waals surface area contributed by atoms with Gasteiger partial charge in [-0.05, 0) is 25.2 Å². The summed E-state index contributed by atoms with van der Waals surface area (Å²) in [7, 11) is 0. The lowest BCUT2D eigenvalue weighted by Crippen LogP contribution is -2.32. The number of pyridine rings is 1. The first-order valence-corrected chi connectivity index (χ1v) is 7.42. The Hall–Kier alpha value is -1.17. The fourth-order valence-corrected chi connectivity index (χ4v) is 3.01. The lowest BCUT2D eigenvalue weighted by Gasteiger charge is -2.30. The van der Waals surface area contributed by atoms with E-state index in [1.807, 2.05) is 0 Å². The van der Waals surface area contributed by atoms with Crippen molar-refractivity contribution in [2.24, 2.45) is 5.41 Å². The molecule has 6 heteroatoms. The second kappa shape index (κ2) is 6.32. The first-order chi connectivity index (χ1) is 8.89. The number of aryl methyl sites for hydroxylation is 1. The van der Waals surface area contributed by atoms with Gasteiger partial charge in [0.15, 0.2) is 0 Å². The minimum absolute atomic E-state index is 0.00437. The van der Waals surface area contributed by atoms with Gasteiger partial charge in [-0.2, -0.15) is 0 Å². The van der Waals surface area contributed by atoms with E-state index in [0.717, 1.165) is 18.2 Å². The van der Waals surface area contributed by atoms with Gasteiger partial charge < -0.3 is 4.57 Å². The average Bonchev–Trinajstić information content (AvgIpc) is 2.38. The highest BCUT2D eigenvalue weighted by Crippen LogP contribution is 2.30. The Morgan fingerprint density at radius 1 is 1.42 bits per heavy atom. The Kier molecular flexibility index (Phi) is 5.29. The van der Waals surface area contributed by atoms with Gasteiger partial charge in [0.25, 0.3) is 11.2 Å². The molecule has 1 rings (SSSR count). The van der Waals surface area contributed by atoms with Crippen LogP contribution < -0.4 is 5.56 Å². The van der Waals surface area contributed by atoms with Gasteiger partial charge in [-0.25, -0.2) is 0 Å². The zero-order chi connectivity index (χ0) is 14.6. The van der Waals surface area contributed by atoms with Gasteiger partial charge in [-0.3, -0.25) is 14.9 Å². The molecular weight excluding hydrogens is 312 g/mol. The third kappa shape index (κ3) is 3.43. The molecule has 1 aromatic rings. The number of halogens is 1. The highest BCUT2D eigenvalue weighted by Gasteiger charge is 2.26. The molecule has 0 fully saturated rings. The zero-order valence-electron chi connectivity index (χ0n) is 11.5. The standard InChI is InChI=1S/C13H19BrN2O3/c1-4-13(5-2,8-14)9-15-7-11(16(18)19)10(3)6-12(15)17/h6-7H,4-5,8-9H2,1-3H3. The van der Waals surface area contributed by atoms with E-state index >= 15 is 0 Å². The molecule has 1 aromatic heterocycles. The lowest BCUT2D eigenvalue weighted by molar-refractivity contribution is -0.386. The Morgan fingerprint density at radius 2 is 2.00 bits per heavy atom. The molecule has 19 heavy (non-hydrogen) atoms. The SMILES string of the molecule is CCC(CC)(CBr)Cn1cc([N+](=O)[O-])c(C)cc1=O. The van der Waals surface area contributed by atoms with Crippen LogP contribution in [0.2, 0.25) is 0 Å². The van der Waals surface area contributed by atoms with Gasteiger partial charge in [0.2, 0.25) is 0 Å². The molecule has 0 bridgehead atoms. The number of hydrogen-bond acceptors (Lipinski definition) is 3. The van der Waals surface area contributed by atoms with Crippen LogP contribution in [0.4, 0.5) is 5.69 Å². The maximum absolute atomic E-state index is 12.0. The van der Waals surface area contributed by atoms with Gasteiger partial charge in [0, 0.05) is 23.5 Å². The van der Waals surface area contributed by atoms with Crippen molar-refractivity contribution in [3.8, 4) is 0 Å². The summed E-state index contributed by atoms with van der Waals surface area (Å²) in [6.45, 7) is 6.21. The summed E-state index contributed by atoms with van der Waals surface area (Å²) < 4.78 is 1.46. The quantitative estimate of drug-likeness (QED) is 0.456. The molecule has 0 atom stereocenters. The van der Waals surface area contributed by atoms with Crippen molar-refractivity contribution in [1.82, 2.24) is 4.57 Å².